The Kier molecular flexibility index (Phi) is 7.09. The van der Waals surface area contributed by atoms with Crippen LogP contribution in [-0.2, 0) is 11.3 Å². The first-order valence-corrected chi connectivity index (χ1v) is 10.6. The zero-order chi connectivity index (χ0) is 19.1. The number of ether oxygens (including phenoxy) is 1. The van der Waals surface area contributed by atoms with Gasteiger partial charge in [-0.15, -0.1) is 0 Å². The molecule has 27 heavy (non-hydrogen) atoms. The summed E-state index contributed by atoms with van der Waals surface area (Å²) in [5.74, 6) is 1.35. The number of quaternary nitrogens is 1. The number of hydrogen-bond acceptors (Lipinski definition) is 1. The average molecular weight is 367 g/mol. The van der Waals surface area contributed by atoms with E-state index in [0.717, 1.165) is 19.6 Å². The summed E-state index contributed by atoms with van der Waals surface area (Å²) in [5, 5.41) is 0. The highest BCUT2D eigenvalue weighted by atomic mass is 16.5. The molecular formula is C25H36NO+. The maximum absolute atomic E-state index is 6.00. The molecule has 2 aromatic rings. The lowest BCUT2D eigenvalue weighted by Crippen LogP contribution is -3.10. The van der Waals surface area contributed by atoms with Crippen LogP contribution in [0.3, 0.4) is 0 Å². The first-order chi connectivity index (χ1) is 13.1. The maximum atomic E-state index is 6.00. The fourth-order valence-electron chi connectivity index (χ4n) is 4.63. The highest BCUT2D eigenvalue weighted by Gasteiger charge is 2.34. The smallest absolute Gasteiger partial charge is 0.103 e. The van der Waals surface area contributed by atoms with Crippen molar-refractivity contribution in [3.05, 3.63) is 71.8 Å². The molecule has 2 heteroatoms. The van der Waals surface area contributed by atoms with E-state index in [1.807, 2.05) is 0 Å². The lowest BCUT2D eigenvalue weighted by molar-refractivity contribution is -0.912. The van der Waals surface area contributed by atoms with E-state index >= 15 is 0 Å². The largest absolute Gasteiger partial charge is 0.376 e. The summed E-state index contributed by atoms with van der Waals surface area (Å²) >= 11 is 0. The molecule has 0 aromatic heterocycles. The monoisotopic (exact) mass is 366 g/mol. The fourth-order valence-corrected chi connectivity index (χ4v) is 4.63. The van der Waals surface area contributed by atoms with Gasteiger partial charge in [0.1, 0.15) is 6.54 Å². The van der Waals surface area contributed by atoms with Crippen LogP contribution in [-0.4, -0.2) is 25.3 Å². The molecule has 0 amide bonds. The van der Waals surface area contributed by atoms with Crippen molar-refractivity contribution in [2.45, 2.75) is 58.1 Å². The predicted octanol–water partition coefficient (Wildman–Crippen LogP) is 4.47. The van der Waals surface area contributed by atoms with Crippen molar-refractivity contribution >= 4 is 0 Å². The molecule has 2 nitrogen and oxygen atoms in total. The zero-order valence-corrected chi connectivity index (χ0v) is 17.3. The summed E-state index contributed by atoms with van der Waals surface area (Å²) in [5.41, 5.74) is 2.96. The van der Waals surface area contributed by atoms with E-state index in [-0.39, 0.29) is 5.60 Å². The molecule has 146 valence electrons. The molecule has 1 N–H and O–H groups in total. The highest BCUT2D eigenvalue weighted by Crippen LogP contribution is 2.39. The van der Waals surface area contributed by atoms with Gasteiger partial charge in [-0.05, 0) is 51.0 Å². The Morgan fingerprint density at radius 3 is 2.33 bits per heavy atom. The highest BCUT2D eigenvalue weighted by molar-refractivity contribution is 5.21. The summed E-state index contributed by atoms with van der Waals surface area (Å²) in [4.78, 5) is 1.67. The minimum atomic E-state index is 0.0112. The molecule has 1 aliphatic rings. The van der Waals surface area contributed by atoms with E-state index in [9.17, 15) is 0 Å². The molecule has 1 saturated heterocycles. The van der Waals surface area contributed by atoms with Gasteiger partial charge in [-0.2, -0.15) is 0 Å². The Bertz CT molecular complexity index is 667. The summed E-state index contributed by atoms with van der Waals surface area (Å²) in [6.45, 7) is 11.2. The lowest BCUT2D eigenvalue weighted by atomic mass is 9.75. The van der Waals surface area contributed by atoms with Crippen LogP contribution in [0.2, 0.25) is 0 Å². The van der Waals surface area contributed by atoms with E-state index in [0.29, 0.717) is 11.8 Å². The quantitative estimate of drug-likeness (QED) is 0.728. The Hall–Kier alpha value is -1.64. The zero-order valence-electron chi connectivity index (χ0n) is 17.3. The molecule has 2 aromatic carbocycles. The van der Waals surface area contributed by atoms with Crippen molar-refractivity contribution in [2.24, 2.45) is 5.92 Å². The van der Waals surface area contributed by atoms with Gasteiger partial charge in [-0.25, -0.2) is 0 Å². The van der Waals surface area contributed by atoms with Gasteiger partial charge < -0.3 is 9.64 Å². The van der Waals surface area contributed by atoms with Crippen molar-refractivity contribution < 1.29 is 9.64 Å². The second-order valence-corrected chi connectivity index (χ2v) is 8.68. The lowest BCUT2D eigenvalue weighted by Gasteiger charge is -2.39. The van der Waals surface area contributed by atoms with Gasteiger partial charge in [0.05, 0.1) is 18.7 Å². The molecule has 0 bridgehead atoms. The normalized spacial score (nSPS) is 21.5. The van der Waals surface area contributed by atoms with E-state index in [1.165, 1.54) is 37.1 Å². The number of benzene rings is 2. The van der Waals surface area contributed by atoms with Crippen LogP contribution in [0.4, 0.5) is 0 Å². The average Bonchev–Trinajstić information content (AvgIpc) is 2.68. The van der Waals surface area contributed by atoms with Gasteiger partial charge in [0.15, 0.2) is 0 Å². The Morgan fingerprint density at radius 1 is 1.04 bits per heavy atom. The van der Waals surface area contributed by atoms with Crippen molar-refractivity contribution in [3.8, 4) is 0 Å². The molecule has 0 aliphatic carbocycles. The van der Waals surface area contributed by atoms with Crippen LogP contribution in [0, 0.1) is 5.92 Å². The van der Waals surface area contributed by atoms with Crippen LogP contribution in [0.5, 0.6) is 0 Å². The summed E-state index contributed by atoms with van der Waals surface area (Å²) in [6, 6.07) is 22.1. The third-order valence-corrected chi connectivity index (χ3v) is 6.14. The SMILES string of the molecule is CC[NH+](CC[C@@H](c1ccccc1)[C@H]1CCOC(C)(C)C1)Cc1ccccc1. The maximum Gasteiger partial charge on any atom is 0.103 e. The van der Waals surface area contributed by atoms with Crippen LogP contribution in [0.25, 0.3) is 0 Å². The fraction of sp³-hybridized carbons (Fsp3) is 0.520. The molecule has 3 rings (SSSR count). The molecule has 1 unspecified atom stereocenters. The van der Waals surface area contributed by atoms with Crippen LogP contribution < -0.4 is 4.90 Å². The van der Waals surface area contributed by atoms with Crippen molar-refractivity contribution in [3.63, 3.8) is 0 Å². The van der Waals surface area contributed by atoms with Gasteiger partial charge in [-0.3, -0.25) is 0 Å². The summed E-state index contributed by atoms with van der Waals surface area (Å²) < 4.78 is 6.00. The second-order valence-electron chi connectivity index (χ2n) is 8.68. The Balaban J connectivity index is 1.69. The first kappa shape index (κ1) is 20.1. The minimum Gasteiger partial charge on any atom is -0.376 e. The van der Waals surface area contributed by atoms with Gasteiger partial charge in [0.2, 0.25) is 0 Å². The van der Waals surface area contributed by atoms with E-state index in [2.05, 4.69) is 81.4 Å². The van der Waals surface area contributed by atoms with Crippen molar-refractivity contribution in [2.75, 3.05) is 19.7 Å². The standard InChI is InChI=1S/C25H35NO/c1-4-26(20-21-11-7-5-8-12-21)17-15-24(22-13-9-6-10-14-22)23-16-18-27-25(2,3)19-23/h5-14,23-24H,4,15-20H2,1-3H3/p+1/t23-,24-/m0/s1. The van der Waals surface area contributed by atoms with Gasteiger partial charge >= 0.3 is 0 Å². The summed E-state index contributed by atoms with van der Waals surface area (Å²) in [7, 11) is 0. The molecule has 1 aliphatic heterocycles. The Labute approximate surface area is 165 Å². The first-order valence-electron chi connectivity index (χ1n) is 10.6. The predicted molar refractivity (Wildman–Crippen MR) is 113 cm³/mol. The van der Waals surface area contributed by atoms with Crippen molar-refractivity contribution in [1.29, 1.82) is 0 Å². The molecule has 0 spiro atoms. The number of hydrogen-bond donors (Lipinski definition) is 1. The molecule has 3 atom stereocenters. The number of rotatable bonds is 8. The van der Waals surface area contributed by atoms with E-state index in [4.69, 9.17) is 4.74 Å². The van der Waals surface area contributed by atoms with Gasteiger partial charge in [-0.1, -0.05) is 60.7 Å². The van der Waals surface area contributed by atoms with Crippen molar-refractivity contribution in [1.82, 2.24) is 0 Å². The second kappa shape index (κ2) is 9.52. The van der Waals surface area contributed by atoms with Crippen LogP contribution >= 0.6 is 0 Å². The molecule has 0 radical (unpaired) electrons. The van der Waals surface area contributed by atoms with E-state index < -0.39 is 0 Å². The summed E-state index contributed by atoms with van der Waals surface area (Å²) in [6.07, 6.45) is 3.59. The van der Waals surface area contributed by atoms with Crippen LogP contribution in [0.15, 0.2) is 60.7 Å². The van der Waals surface area contributed by atoms with E-state index in [1.54, 1.807) is 4.90 Å². The van der Waals surface area contributed by atoms with Crippen LogP contribution in [0.1, 0.15) is 57.1 Å². The topological polar surface area (TPSA) is 13.7 Å². The molecule has 1 heterocycles. The molecule has 0 saturated carbocycles. The third-order valence-electron chi connectivity index (χ3n) is 6.14. The third kappa shape index (κ3) is 5.92. The molecule has 1 fully saturated rings. The van der Waals surface area contributed by atoms with Gasteiger partial charge in [0.25, 0.3) is 0 Å². The number of nitrogens with one attached hydrogen (secondary N) is 1. The molecular weight excluding hydrogens is 330 g/mol. The Morgan fingerprint density at radius 2 is 1.70 bits per heavy atom. The minimum absolute atomic E-state index is 0.0112. The van der Waals surface area contributed by atoms with Gasteiger partial charge in [0, 0.05) is 18.6 Å².